The summed E-state index contributed by atoms with van der Waals surface area (Å²) in [6.07, 6.45) is 3.10. The molecule has 1 aliphatic rings. The molecule has 0 saturated carbocycles. The van der Waals surface area contributed by atoms with Crippen LogP contribution in [-0.4, -0.2) is 49.8 Å². The average Bonchev–Trinajstić information content (AvgIpc) is 2.54. The number of benzene rings is 1. The van der Waals surface area contributed by atoms with Crippen molar-refractivity contribution in [1.82, 2.24) is 4.90 Å². The first kappa shape index (κ1) is 18.2. The molecule has 0 radical (unpaired) electrons. The van der Waals surface area contributed by atoms with Crippen LogP contribution in [0.5, 0.6) is 11.5 Å². The Hall–Kier alpha value is -2.15. The lowest BCUT2D eigenvalue weighted by Gasteiger charge is -2.30. The number of morpholine rings is 1. The van der Waals surface area contributed by atoms with Gasteiger partial charge in [-0.1, -0.05) is 6.07 Å². The van der Waals surface area contributed by atoms with Gasteiger partial charge >= 0.3 is 6.61 Å². The molecular weight excluding hydrogens is 320 g/mol. The number of rotatable bonds is 6. The van der Waals surface area contributed by atoms with E-state index in [9.17, 15) is 13.6 Å². The first-order chi connectivity index (χ1) is 11.5. The van der Waals surface area contributed by atoms with Gasteiger partial charge < -0.3 is 19.1 Å². The zero-order valence-corrected chi connectivity index (χ0v) is 13.7. The van der Waals surface area contributed by atoms with Crippen LogP contribution in [0.1, 0.15) is 19.4 Å². The van der Waals surface area contributed by atoms with Crippen molar-refractivity contribution in [2.24, 2.45) is 0 Å². The smallest absolute Gasteiger partial charge is 0.387 e. The van der Waals surface area contributed by atoms with Gasteiger partial charge in [-0.3, -0.25) is 4.79 Å². The highest BCUT2D eigenvalue weighted by Gasteiger charge is 2.19. The Balaban J connectivity index is 2.08. The summed E-state index contributed by atoms with van der Waals surface area (Å²) in [5.41, 5.74) is 0.662. The van der Waals surface area contributed by atoms with E-state index >= 15 is 0 Å². The molecule has 1 amide bonds. The second-order valence-corrected chi connectivity index (χ2v) is 5.32. The summed E-state index contributed by atoms with van der Waals surface area (Å²) in [6.45, 7) is 2.69. The predicted octanol–water partition coefficient (Wildman–Crippen LogP) is 2.95. The van der Waals surface area contributed by atoms with E-state index < -0.39 is 6.61 Å². The van der Waals surface area contributed by atoms with Crippen LogP contribution in [0.2, 0.25) is 0 Å². The van der Waals surface area contributed by atoms with Crippen LogP contribution < -0.4 is 9.47 Å². The highest BCUT2D eigenvalue weighted by atomic mass is 19.3. The van der Waals surface area contributed by atoms with E-state index in [0.717, 1.165) is 0 Å². The Labute approximate surface area is 139 Å². The minimum absolute atomic E-state index is 0.0198. The largest absolute Gasteiger partial charge is 0.490 e. The number of halogens is 2. The first-order valence-corrected chi connectivity index (χ1v) is 7.80. The lowest BCUT2D eigenvalue weighted by atomic mass is 10.2. The standard InChI is InChI=1S/C17H21F2NO4/c1-3-22-15-10-13(4-6-14(15)24-17(18)19)5-7-16(21)20-8-9-23-12(2)11-20/h4-7,10,12,17H,3,8-9,11H2,1-2H3/b7-5-. The van der Waals surface area contributed by atoms with E-state index in [0.29, 0.717) is 31.9 Å². The molecule has 1 saturated heterocycles. The number of alkyl halides is 2. The van der Waals surface area contributed by atoms with Gasteiger partial charge in [0.05, 0.1) is 19.3 Å². The summed E-state index contributed by atoms with van der Waals surface area (Å²) in [5, 5.41) is 0. The topological polar surface area (TPSA) is 48.0 Å². The Bertz CT molecular complexity index is 592. The third-order valence-corrected chi connectivity index (χ3v) is 3.45. The van der Waals surface area contributed by atoms with E-state index in [1.807, 2.05) is 6.92 Å². The van der Waals surface area contributed by atoms with E-state index in [1.54, 1.807) is 30.0 Å². The minimum atomic E-state index is -2.92. The molecule has 7 heteroatoms. The van der Waals surface area contributed by atoms with Gasteiger partial charge in [-0.05, 0) is 37.6 Å². The highest BCUT2D eigenvalue weighted by molar-refractivity contribution is 5.92. The maximum absolute atomic E-state index is 12.4. The van der Waals surface area contributed by atoms with Gasteiger partial charge in [0.1, 0.15) is 0 Å². The molecule has 5 nitrogen and oxygen atoms in total. The second-order valence-electron chi connectivity index (χ2n) is 5.32. The number of carbonyl (C=O) groups is 1. The zero-order chi connectivity index (χ0) is 17.5. The fraction of sp³-hybridized carbons (Fsp3) is 0.471. The maximum atomic E-state index is 12.4. The van der Waals surface area contributed by atoms with Crippen LogP contribution in [0, 0.1) is 0 Å². The van der Waals surface area contributed by atoms with Crippen molar-refractivity contribution in [2.75, 3.05) is 26.3 Å². The Morgan fingerprint density at radius 3 is 2.92 bits per heavy atom. The molecule has 0 aromatic heterocycles. The number of hydrogen-bond acceptors (Lipinski definition) is 4. The van der Waals surface area contributed by atoms with Gasteiger partial charge in [0, 0.05) is 19.2 Å². The molecule has 0 aliphatic carbocycles. The summed E-state index contributed by atoms with van der Waals surface area (Å²) in [4.78, 5) is 13.9. The number of amides is 1. The molecule has 1 heterocycles. The van der Waals surface area contributed by atoms with Crippen LogP contribution in [-0.2, 0) is 9.53 Å². The number of ether oxygens (including phenoxy) is 3. The number of carbonyl (C=O) groups excluding carboxylic acids is 1. The van der Waals surface area contributed by atoms with Crippen molar-refractivity contribution >= 4 is 12.0 Å². The Kier molecular flexibility index (Phi) is 6.54. The van der Waals surface area contributed by atoms with Gasteiger partial charge in [-0.25, -0.2) is 0 Å². The first-order valence-electron chi connectivity index (χ1n) is 7.80. The molecule has 0 spiro atoms. The molecule has 24 heavy (non-hydrogen) atoms. The second kappa shape index (κ2) is 8.63. The number of nitrogens with zero attached hydrogens (tertiary/aromatic N) is 1. The highest BCUT2D eigenvalue weighted by Crippen LogP contribution is 2.30. The maximum Gasteiger partial charge on any atom is 0.387 e. The normalized spacial score (nSPS) is 18.2. The summed E-state index contributed by atoms with van der Waals surface area (Å²) in [5.74, 6) is 0.0701. The molecule has 0 bridgehead atoms. The fourth-order valence-corrected chi connectivity index (χ4v) is 2.38. The van der Waals surface area contributed by atoms with Crippen LogP contribution in [0.4, 0.5) is 8.78 Å². The van der Waals surface area contributed by atoms with E-state index in [1.165, 1.54) is 12.1 Å². The lowest BCUT2D eigenvalue weighted by molar-refractivity contribution is -0.132. The average molecular weight is 341 g/mol. The van der Waals surface area contributed by atoms with Gasteiger partial charge in [0.25, 0.3) is 0 Å². The van der Waals surface area contributed by atoms with Crippen molar-refractivity contribution in [2.45, 2.75) is 26.6 Å². The minimum Gasteiger partial charge on any atom is -0.490 e. The van der Waals surface area contributed by atoms with Crippen LogP contribution in [0.3, 0.4) is 0 Å². The lowest BCUT2D eigenvalue weighted by Crippen LogP contribution is -2.43. The van der Waals surface area contributed by atoms with E-state index in [2.05, 4.69) is 4.74 Å². The number of hydrogen-bond donors (Lipinski definition) is 0. The summed E-state index contributed by atoms with van der Waals surface area (Å²) >= 11 is 0. The summed E-state index contributed by atoms with van der Waals surface area (Å²) in [6, 6.07) is 4.55. The van der Waals surface area contributed by atoms with E-state index in [-0.39, 0.29) is 23.5 Å². The third kappa shape index (κ3) is 5.19. The van der Waals surface area contributed by atoms with Gasteiger partial charge in [-0.15, -0.1) is 0 Å². The van der Waals surface area contributed by atoms with Crippen LogP contribution >= 0.6 is 0 Å². The molecule has 132 valence electrons. The zero-order valence-electron chi connectivity index (χ0n) is 13.7. The molecule has 1 aliphatic heterocycles. The molecule has 1 atom stereocenters. The quantitative estimate of drug-likeness (QED) is 0.747. The van der Waals surface area contributed by atoms with Crippen LogP contribution in [0.15, 0.2) is 24.3 Å². The van der Waals surface area contributed by atoms with Gasteiger partial charge in [-0.2, -0.15) is 8.78 Å². The van der Waals surface area contributed by atoms with Crippen LogP contribution in [0.25, 0.3) is 6.08 Å². The van der Waals surface area contributed by atoms with Gasteiger partial charge in [0.2, 0.25) is 5.91 Å². The molecule has 1 aromatic rings. The predicted molar refractivity (Wildman–Crippen MR) is 85.3 cm³/mol. The molecule has 1 unspecified atom stereocenters. The molecule has 0 N–H and O–H groups in total. The summed E-state index contributed by atoms with van der Waals surface area (Å²) in [7, 11) is 0. The van der Waals surface area contributed by atoms with Gasteiger partial charge in [0.15, 0.2) is 11.5 Å². The SMILES string of the molecule is CCOc1cc(/C=C\C(=O)N2CCOC(C)C2)ccc1OC(F)F. The fourth-order valence-electron chi connectivity index (χ4n) is 2.38. The van der Waals surface area contributed by atoms with E-state index in [4.69, 9.17) is 9.47 Å². The molecular formula is C17H21F2NO4. The molecule has 1 aromatic carbocycles. The Morgan fingerprint density at radius 2 is 2.25 bits per heavy atom. The van der Waals surface area contributed by atoms with Crippen molar-refractivity contribution in [1.29, 1.82) is 0 Å². The van der Waals surface area contributed by atoms with Crippen molar-refractivity contribution in [3.63, 3.8) is 0 Å². The monoisotopic (exact) mass is 341 g/mol. The molecule has 2 rings (SSSR count). The molecule has 1 fully saturated rings. The van der Waals surface area contributed by atoms with Crippen molar-refractivity contribution < 1.29 is 27.8 Å². The van der Waals surface area contributed by atoms with Crippen molar-refractivity contribution in [3.05, 3.63) is 29.8 Å². The Morgan fingerprint density at radius 1 is 1.46 bits per heavy atom. The van der Waals surface area contributed by atoms with Crippen molar-refractivity contribution in [3.8, 4) is 11.5 Å². The third-order valence-electron chi connectivity index (χ3n) is 3.45. The summed E-state index contributed by atoms with van der Waals surface area (Å²) < 4.78 is 39.9.